The van der Waals surface area contributed by atoms with Crippen LogP contribution in [0.4, 0.5) is 0 Å². The van der Waals surface area contributed by atoms with Crippen molar-refractivity contribution in [2.75, 3.05) is 13.6 Å². The average molecular weight is 216 g/mol. The molecule has 0 fully saturated rings. The van der Waals surface area contributed by atoms with Gasteiger partial charge in [-0.05, 0) is 19.5 Å². The van der Waals surface area contributed by atoms with Crippen LogP contribution in [-0.4, -0.2) is 23.9 Å². The van der Waals surface area contributed by atoms with Crippen LogP contribution in [0.15, 0.2) is 24.4 Å². The second kappa shape index (κ2) is 4.10. The van der Waals surface area contributed by atoms with E-state index >= 15 is 0 Å². The zero-order valence-corrected chi connectivity index (χ0v) is 9.87. The normalized spacial score (nSPS) is 10.9. The molecule has 0 atom stereocenters. The molecule has 3 nitrogen and oxygen atoms in total. The summed E-state index contributed by atoms with van der Waals surface area (Å²) in [7, 11) is 3.76. The van der Waals surface area contributed by atoms with Gasteiger partial charge in [-0.3, -0.25) is 4.79 Å². The summed E-state index contributed by atoms with van der Waals surface area (Å²) in [5.41, 5.74) is 3.14. The van der Waals surface area contributed by atoms with E-state index in [4.69, 9.17) is 0 Å². The molecule has 16 heavy (non-hydrogen) atoms. The number of aromatic nitrogens is 1. The van der Waals surface area contributed by atoms with Gasteiger partial charge < -0.3 is 9.88 Å². The molecule has 1 aromatic carbocycles. The van der Waals surface area contributed by atoms with E-state index in [1.54, 1.807) is 7.05 Å². The van der Waals surface area contributed by atoms with Crippen LogP contribution in [-0.2, 0) is 7.05 Å². The third-order valence-corrected chi connectivity index (χ3v) is 2.84. The Morgan fingerprint density at radius 1 is 1.44 bits per heavy atom. The third kappa shape index (κ3) is 1.63. The number of Topliss-reactive ketones (excluding diaryl/α,β-unsaturated/α-hetero) is 1. The van der Waals surface area contributed by atoms with E-state index in [1.165, 1.54) is 5.56 Å². The number of carbonyl (C=O) groups is 1. The van der Waals surface area contributed by atoms with Gasteiger partial charge in [0.15, 0.2) is 5.78 Å². The minimum Gasteiger partial charge on any atom is -0.350 e. The second-order valence-electron chi connectivity index (χ2n) is 4.08. The molecule has 84 valence electrons. The quantitative estimate of drug-likeness (QED) is 0.795. The minimum atomic E-state index is 0.138. The maximum atomic E-state index is 11.9. The van der Waals surface area contributed by atoms with E-state index in [9.17, 15) is 4.79 Å². The average Bonchev–Trinajstić information content (AvgIpc) is 2.58. The minimum absolute atomic E-state index is 0.138. The summed E-state index contributed by atoms with van der Waals surface area (Å²) in [6.07, 6.45) is 1.91. The number of hydrogen-bond acceptors (Lipinski definition) is 2. The van der Waals surface area contributed by atoms with Crippen LogP contribution in [0, 0.1) is 6.92 Å². The highest BCUT2D eigenvalue weighted by Crippen LogP contribution is 2.23. The summed E-state index contributed by atoms with van der Waals surface area (Å²) in [6.45, 7) is 2.45. The van der Waals surface area contributed by atoms with E-state index < -0.39 is 0 Å². The van der Waals surface area contributed by atoms with Crippen molar-refractivity contribution in [1.82, 2.24) is 9.88 Å². The Hall–Kier alpha value is -1.61. The number of benzene rings is 1. The predicted molar refractivity (Wildman–Crippen MR) is 65.9 cm³/mol. The Morgan fingerprint density at radius 3 is 2.88 bits per heavy atom. The number of nitrogens with zero attached hydrogens (tertiary/aromatic N) is 1. The van der Waals surface area contributed by atoms with Crippen LogP contribution in [0.25, 0.3) is 10.9 Å². The van der Waals surface area contributed by atoms with Crippen LogP contribution in [0.3, 0.4) is 0 Å². The molecule has 0 aliphatic rings. The number of ketones is 1. The molecule has 0 aliphatic heterocycles. The Kier molecular flexibility index (Phi) is 2.79. The zero-order valence-electron chi connectivity index (χ0n) is 9.87. The Morgan fingerprint density at radius 2 is 2.19 bits per heavy atom. The number of nitrogens with one attached hydrogen (secondary N) is 1. The van der Waals surface area contributed by atoms with Gasteiger partial charge in [0.2, 0.25) is 0 Å². The molecular weight excluding hydrogens is 200 g/mol. The molecule has 1 heterocycles. The van der Waals surface area contributed by atoms with Crippen LogP contribution in [0.5, 0.6) is 0 Å². The summed E-state index contributed by atoms with van der Waals surface area (Å²) in [5, 5.41) is 3.94. The highest BCUT2D eigenvalue weighted by atomic mass is 16.1. The zero-order chi connectivity index (χ0) is 11.7. The highest BCUT2D eigenvalue weighted by Gasteiger charge is 2.13. The molecule has 0 bridgehead atoms. The lowest BCUT2D eigenvalue weighted by Crippen LogP contribution is -2.18. The van der Waals surface area contributed by atoms with Gasteiger partial charge >= 0.3 is 0 Å². The smallest absolute Gasteiger partial charge is 0.178 e. The van der Waals surface area contributed by atoms with Crippen molar-refractivity contribution in [3.63, 3.8) is 0 Å². The van der Waals surface area contributed by atoms with E-state index in [1.807, 2.05) is 29.9 Å². The van der Waals surface area contributed by atoms with E-state index in [2.05, 4.69) is 18.3 Å². The number of likely N-dealkylation sites (N-methyl/N-ethyl adjacent to an activating group) is 1. The number of para-hydroxylation sites is 1. The molecule has 0 saturated carbocycles. The molecule has 2 aromatic rings. The summed E-state index contributed by atoms with van der Waals surface area (Å²) in [6, 6.07) is 6.06. The third-order valence-electron chi connectivity index (χ3n) is 2.84. The fraction of sp³-hybridized carbons (Fsp3) is 0.308. The van der Waals surface area contributed by atoms with Crippen molar-refractivity contribution in [1.29, 1.82) is 0 Å². The Labute approximate surface area is 95.1 Å². The highest BCUT2D eigenvalue weighted by molar-refractivity contribution is 6.09. The van der Waals surface area contributed by atoms with Gasteiger partial charge in [0.1, 0.15) is 0 Å². The van der Waals surface area contributed by atoms with Crippen molar-refractivity contribution in [3.05, 3.63) is 35.5 Å². The van der Waals surface area contributed by atoms with Crippen molar-refractivity contribution in [3.8, 4) is 0 Å². The fourth-order valence-electron chi connectivity index (χ4n) is 2.15. The standard InChI is InChI=1S/C13H16N2O/c1-9-5-4-6-10-11(12(16)7-14-2)8-15(3)13(9)10/h4-6,8,14H,7H2,1-3H3. The summed E-state index contributed by atoms with van der Waals surface area (Å²) in [4.78, 5) is 11.9. The number of carbonyl (C=O) groups excluding carboxylic acids is 1. The Bertz CT molecular complexity index is 540. The van der Waals surface area contributed by atoms with Gasteiger partial charge in [0.25, 0.3) is 0 Å². The summed E-state index contributed by atoms with van der Waals surface area (Å²) < 4.78 is 2.02. The maximum absolute atomic E-state index is 11.9. The number of aryl methyl sites for hydroxylation is 2. The summed E-state index contributed by atoms with van der Waals surface area (Å²) in [5.74, 6) is 0.138. The maximum Gasteiger partial charge on any atom is 0.178 e. The van der Waals surface area contributed by atoms with Crippen LogP contribution < -0.4 is 5.32 Å². The van der Waals surface area contributed by atoms with Crippen LogP contribution >= 0.6 is 0 Å². The SMILES string of the molecule is CNCC(=O)c1cn(C)c2c(C)cccc12. The van der Waals surface area contributed by atoms with Crippen molar-refractivity contribution >= 4 is 16.7 Å². The van der Waals surface area contributed by atoms with E-state index in [0.717, 1.165) is 16.5 Å². The lowest BCUT2D eigenvalue weighted by Gasteiger charge is -2.00. The Balaban J connectivity index is 2.64. The molecule has 0 radical (unpaired) electrons. The van der Waals surface area contributed by atoms with Gasteiger partial charge in [-0.15, -0.1) is 0 Å². The first-order chi connectivity index (χ1) is 7.65. The van der Waals surface area contributed by atoms with Crippen molar-refractivity contribution in [2.45, 2.75) is 6.92 Å². The van der Waals surface area contributed by atoms with Crippen molar-refractivity contribution < 1.29 is 4.79 Å². The van der Waals surface area contributed by atoms with E-state index in [-0.39, 0.29) is 5.78 Å². The first-order valence-corrected chi connectivity index (χ1v) is 5.37. The molecule has 0 aliphatic carbocycles. The molecule has 1 N–H and O–H groups in total. The number of rotatable bonds is 3. The van der Waals surface area contributed by atoms with Gasteiger partial charge in [0, 0.05) is 24.2 Å². The van der Waals surface area contributed by atoms with Gasteiger partial charge in [0.05, 0.1) is 12.1 Å². The monoisotopic (exact) mass is 216 g/mol. The molecule has 3 heteroatoms. The molecule has 1 aromatic heterocycles. The molecule has 0 amide bonds. The van der Waals surface area contributed by atoms with Gasteiger partial charge in [-0.1, -0.05) is 18.2 Å². The van der Waals surface area contributed by atoms with Gasteiger partial charge in [-0.2, -0.15) is 0 Å². The molecular formula is C13H16N2O. The lowest BCUT2D eigenvalue weighted by molar-refractivity contribution is 0.0995. The largest absolute Gasteiger partial charge is 0.350 e. The molecule has 0 unspecified atom stereocenters. The van der Waals surface area contributed by atoms with Crippen LogP contribution in [0.1, 0.15) is 15.9 Å². The molecule has 0 spiro atoms. The topological polar surface area (TPSA) is 34.0 Å². The van der Waals surface area contributed by atoms with Crippen LogP contribution in [0.2, 0.25) is 0 Å². The fourth-order valence-corrected chi connectivity index (χ4v) is 2.15. The number of hydrogen-bond donors (Lipinski definition) is 1. The van der Waals surface area contributed by atoms with Gasteiger partial charge in [-0.25, -0.2) is 0 Å². The lowest BCUT2D eigenvalue weighted by atomic mass is 10.1. The molecule has 0 saturated heterocycles. The first-order valence-electron chi connectivity index (χ1n) is 5.37. The second-order valence-corrected chi connectivity index (χ2v) is 4.08. The first kappa shape index (κ1) is 10.9. The number of fused-ring (bicyclic) bond motifs is 1. The van der Waals surface area contributed by atoms with E-state index in [0.29, 0.717) is 6.54 Å². The predicted octanol–water partition coefficient (Wildman–Crippen LogP) is 1.89. The molecule has 2 rings (SSSR count). The van der Waals surface area contributed by atoms with Crippen molar-refractivity contribution in [2.24, 2.45) is 7.05 Å². The summed E-state index contributed by atoms with van der Waals surface area (Å²) >= 11 is 0.